The molecule has 1 saturated heterocycles. The third kappa shape index (κ3) is 4.83. The molecule has 2 unspecified atom stereocenters. The number of carbonyl (C=O) groups excluding carboxylic acids is 1. The van der Waals surface area contributed by atoms with Crippen LogP contribution in [0.25, 0.3) is 0 Å². The highest BCUT2D eigenvalue weighted by atomic mass is 19.4. The van der Waals surface area contributed by atoms with Crippen molar-refractivity contribution in [3.63, 3.8) is 0 Å². The number of anilines is 2. The normalized spacial score (nSPS) is 20.3. The third-order valence-electron chi connectivity index (χ3n) is 4.65. The van der Waals surface area contributed by atoms with Gasteiger partial charge in [-0.3, -0.25) is 9.78 Å². The van der Waals surface area contributed by atoms with E-state index >= 15 is 0 Å². The number of alkyl halides is 3. The van der Waals surface area contributed by atoms with Crippen LogP contribution in [0.1, 0.15) is 30.6 Å². The molecule has 2 atom stereocenters. The van der Waals surface area contributed by atoms with Crippen molar-refractivity contribution in [1.82, 2.24) is 10.3 Å². The molecule has 1 aromatic carbocycles. The van der Waals surface area contributed by atoms with Gasteiger partial charge >= 0.3 is 6.18 Å². The van der Waals surface area contributed by atoms with E-state index in [0.29, 0.717) is 24.8 Å². The maximum atomic E-state index is 13.2. The van der Waals surface area contributed by atoms with Gasteiger partial charge in [-0.1, -0.05) is 0 Å². The molecule has 29 heavy (non-hydrogen) atoms. The Morgan fingerprint density at radius 2 is 2.07 bits per heavy atom. The van der Waals surface area contributed by atoms with Crippen molar-refractivity contribution >= 4 is 17.3 Å². The van der Waals surface area contributed by atoms with Crippen LogP contribution in [0.2, 0.25) is 0 Å². The Morgan fingerprint density at radius 3 is 2.66 bits per heavy atom. The van der Waals surface area contributed by atoms with Gasteiger partial charge in [-0.25, -0.2) is 4.39 Å². The fraction of sp³-hybridized carbons (Fsp3) is 0.368. The molecule has 10 heteroatoms. The lowest BCUT2D eigenvalue weighted by Crippen LogP contribution is -2.55. The Bertz CT molecular complexity index is 881. The molecule has 1 fully saturated rings. The highest BCUT2D eigenvalue weighted by Crippen LogP contribution is 2.36. The molecule has 2 heterocycles. The second kappa shape index (κ2) is 7.96. The van der Waals surface area contributed by atoms with E-state index in [-0.39, 0.29) is 23.9 Å². The van der Waals surface area contributed by atoms with Crippen LogP contribution in [0.3, 0.4) is 0 Å². The minimum Gasteiger partial charge on any atom is -0.379 e. The summed E-state index contributed by atoms with van der Waals surface area (Å²) in [5, 5.41) is 5.36. The summed E-state index contributed by atoms with van der Waals surface area (Å²) in [7, 11) is 0. The van der Waals surface area contributed by atoms with Gasteiger partial charge < -0.3 is 21.1 Å². The zero-order valence-corrected chi connectivity index (χ0v) is 15.5. The van der Waals surface area contributed by atoms with E-state index in [1.54, 1.807) is 13.0 Å². The third-order valence-corrected chi connectivity index (χ3v) is 4.65. The van der Waals surface area contributed by atoms with Crippen molar-refractivity contribution in [3.05, 3.63) is 53.6 Å². The maximum absolute atomic E-state index is 13.2. The van der Waals surface area contributed by atoms with Gasteiger partial charge in [0, 0.05) is 6.61 Å². The maximum Gasteiger partial charge on any atom is 0.418 e. The van der Waals surface area contributed by atoms with Crippen LogP contribution in [0.5, 0.6) is 0 Å². The molecule has 3 rings (SSSR count). The van der Waals surface area contributed by atoms with Crippen molar-refractivity contribution < 1.29 is 27.1 Å². The number of amides is 1. The largest absolute Gasteiger partial charge is 0.418 e. The number of ether oxygens (including phenoxy) is 1. The summed E-state index contributed by atoms with van der Waals surface area (Å²) in [6, 6.07) is 5.00. The number of nitrogens with zero attached hydrogens (tertiary/aromatic N) is 1. The average molecular weight is 412 g/mol. The number of carbonyl (C=O) groups is 1. The van der Waals surface area contributed by atoms with Gasteiger partial charge in [0.05, 0.1) is 41.5 Å². The first-order valence-electron chi connectivity index (χ1n) is 8.86. The molecule has 156 valence electrons. The second-order valence-corrected chi connectivity index (χ2v) is 6.94. The monoisotopic (exact) mass is 412 g/mol. The van der Waals surface area contributed by atoms with Crippen LogP contribution in [0.15, 0.2) is 36.5 Å². The van der Waals surface area contributed by atoms with E-state index in [0.717, 1.165) is 12.1 Å². The minimum atomic E-state index is -4.71. The van der Waals surface area contributed by atoms with Crippen LogP contribution >= 0.6 is 0 Å². The van der Waals surface area contributed by atoms with Crippen molar-refractivity contribution in [3.8, 4) is 0 Å². The molecule has 0 radical (unpaired) electrons. The summed E-state index contributed by atoms with van der Waals surface area (Å²) >= 11 is 0. The molecule has 1 aliphatic heterocycles. The van der Waals surface area contributed by atoms with Crippen LogP contribution < -0.4 is 16.4 Å². The number of nitrogens with one attached hydrogen (secondary N) is 2. The second-order valence-electron chi connectivity index (χ2n) is 6.94. The summed E-state index contributed by atoms with van der Waals surface area (Å²) in [5.74, 6) is -1.33. The summed E-state index contributed by atoms with van der Waals surface area (Å²) in [6.07, 6.45) is -2.96. The first kappa shape index (κ1) is 21.0. The fourth-order valence-corrected chi connectivity index (χ4v) is 2.93. The Balaban J connectivity index is 1.70. The van der Waals surface area contributed by atoms with E-state index in [2.05, 4.69) is 15.6 Å². The average Bonchev–Trinajstić information content (AvgIpc) is 3.11. The first-order valence-corrected chi connectivity index (χ1v) is 8.86. The highest BCUT2D eigenvalue weighted by Gasteiger charge is 2.39. The number of pyridine rings is 1. The van der Waals surface area contributed by atoms with Crippen molar-refractivity contribution in [2.45, 2.75) is 31.1 Å². The van der Waals surface area contributed by atoms with Crippen LogP contribution in [-0.4, -0.2) is 29.6 Å². The van der Waals surface area contributed by atoms with E-state index < -0.39 is 29.1 Å². The lowest BCUT2D eigenvalue weighted by molar-refractivity contribution is -0.137. The zero-order chi connectivity index (χ0) is 21.2. The van der Waals surface area contributed by atoms with Gasteiger partial charge in [0.1, 0.15) is 11.4 Å². The SMILES string of the molecule is CC(NC(=O)C1(N)CCOC1)c1ccc(Nc2ccc(F)cc2C(F)(F)F)cn1. The Morgan fingerprint density at radius 1 is 1.31 bits per heavy atom. The van der Waals surface area contributed by atoms with E-state index in [1.165, 1.54) is 12.3 Å². The predicted molar refractivity (Wildman–Crippen MR) is 97.8 cm³/mol. The molecule has 0 saturated carbocycles. The van der Waals surface area contributed by atoms with Gasteiger partial charge in [0.25, 0.3) is 0 Å². The summed E-state index contributed by atoms with van der Waals surface area (Å²) in [4.78, 5) is 16.5. The molecule has 4 N–H and O–H groups in total. The molecular weight excluding hydrogens is 392 g/mol. The minimum absolute atomic E-state index is 0.140. The zero-order valence-electron chi connectivity index (χ0n) is 15.5. The van der Waals surface area contributed by atoms with Gasteiger partial charge in [0.15, 0.2) is 0 Å². The molecule has 0 aliphatic carbocycles. The lowest BCUT2D eigenvalue weighted by atomic mass is 9.98. The molecule has 1 aliphatic rings. The van der Waals surface area contributed by atoms with Gasteiger partial charge in [-0.15, -0.1) is 0 Å². The van der Waals surface area contributed by atoms with Crippen molar-refractivity contribution in [2.24, 2.45) is 5.73 Å². The number of aromatic nitrogens is 1. The lowest BCUT2D eigenvalue weighted by Gasteiger charge is -2.23. The Kier molecular flexibility index (Phi) is 5.76. The van der Waals surface area contributed by atoms with Gasteiger partial charge in [-0.05, 0) is 43.7 Å². The van der Waals surface area contributed by atoms with Crippen LogP contribution in [0.4, 0.5) is 28.9 Å². The summed E-state index contributed by atoms with van der Waals surface area (Å²) in [5.41, 5.74) is 4.31. The molecular formula is C19H20F4N4O2. The van der Waals surface area contributed by atoms with Crippen molar-refractivity contribution in [1.29, 1.82) is 0 Å². The molecule has 2 aromatic rings. The number of rotatable bonds is 5. The number of halogens is 4. The highest BCUT2D eigenvalue weighted by molar-refractivity contribution is 5.86. The number of benzene rings is 1. The molecule has 1 amide bonds. The molecule has 0 bridgehead atoms. The summed E-state index contributed by atoms with van der Waals surface area (Å²) in [6.45, 7) is 2.27. The fourth-order valence-electron chi connectivity index (χ4n) is 2.93. The molecule has 1 aromatic heterocycles. The topological polar surface area (TPSA) is 89.3 Å². The van der Waals surface area contributed by atoms with Crippen LogP contribution in [0, 0.1) is 5.82 Å². The Labute approximate surface area is 164 Å². The number of hydrogen-bond donors (Lipinski definition) is 3. The Hall–Kier alpha value is -2.72. The first-order chi connectivity index (χ1) is 13.6. The summed E-state index contributed by atoms with van der Waals surface area (Å²) < 4.78 is 57.7. The smallest absolute Gasteiger partial charge is 0.379 e. The molecule has 0 spiro atoms. The van der Waals surface area contributed by atoms with E-state index in [9.17, 15) is 22.4 Å². The van der Waals surface area contributed by atoms with Gasteiger partial charge in [0.2, 0.25) is 5.91 Å². The number of hydrogen-bond acceptors (Lipinski definition) is 5. The predicted octanol–water partition coefficient (Wildman–Crippen LogP) is 3.28. The van der Waals surface area contributed by atoms with E-state index in [1.807, 2.05) is 0 Å². The number of nitrogens with two attached hydrogens (primary N) is 1. The quantitative estimate of drug-likeness (QED) is 0.656. The van der Waals surface area contributed by atoms with Crippen molar-refractivity contribution in [2.75, 3.05) is 18.5 Å². The standard InChI is InChI=1S/C19H20F4N4O2/c1-11(26-17(28)18(24)6-7-29-10-18)15-5-3-13(9-25-15)27-16-4-2-12(20)8-14(16)19(21,22)23/h2-5,8-9,11,27H,6-7,10,24H2,1H3,(H,26,28). The van der Waals surface area contributed by atoms with Crippen LogP contribution in [-0.2, 0) is 15.7 Å². The molecule has 6 nitrogen and oxygen atoms in total. The van der Waals surface area contributed by atoms with Gasteiger partial charge in [-0.2, -0.15) is 13.2 Å². The van der Waals surface area contributed by atoms with E-state index in [4.69, 9.17) is 10.5 Å².